The minimum Gasteiger partial charge on any atom is -0.354 e. The lowest BCUT2D eigenvalue weighted by molar-refractivity contribution is 0.247. The average molecular weight is 412 g/mol. The lowest BCUT2D eigenvalue weighted by Crippen LogP contribution is -2.46. The first-order chi connectivity index (χ1) is 13.7. The largest absolute Gasteiger partial charge is 0.354 e. The Morgan fingerprint density at radius 3 is 2.54 bits per heavy atom. The fourth-order valence-electron chi connectivity index (χ4n) is 3.57. The van der Waals surface area contributed by atoms with Crippen LogP contribution in [0.1, 0.15) is 30.3 Å². The second-order valence-corrected chi connectivity index (χ2v) is 8.70. The molecule has 5 rings (SSSR count). The third-order valence-corrected chi connectivity index (χ3v) is 6.43. The van der Waals surface area contributed by atoms with Crippen molar-refractivity contribution in [3.63, 3.8) is 0 Å². The van der Waals surface area contributed by atoms with Crippen LogP contribution in [-0.2, 0) is 6.54 Å². The van der Waals surface area contributed by atoms with Crippen LogP contribution in [-0.4, -0.2) is 46.0 Å². The first-order valence-corrected chi connectivity index (χ1v) is 11.0. The molecule has 2 aromatic heterocycles. The number of anilines is 1. The van der Waals surface area contributed by atoms with Gasteiger partial charge in [0.25, 0.3) is 0 Å². The molecule has 3 heterocycles. The SMILES string of the molecule is Clc1cc(N2CCN(Cc3csc(-c4ccccc4)n3)CC2)nc(C2CC2)n1. The van der Waals surface area contributed by atoms with Gasteiger partial charge in [-0.2, -0.15) is 0 Å². The highest BCUT2D eigenvalue weighted by Crippen LogP contribution is 2.39. The number of benzene rings is 1. The van der Waals surface area contributed by atoms with E-state index in [0.29, 0.717) is 11.1 Å². The van der Waals surface area contributed by atoms with Crippen LogP contribution in [0.5, 0.6) is 0 Å². The maximum Gasteiger partial charge on any atom is 0.135 e. The maximum atomic E-state index is 6.23. The topological polar surface area (TPSA) is 45.2 Å². The Labute approximate surface area is 174 Å². The fraction of sp³-hybridized carbons (Fsp3) is 0.381. The van der Waals surface area contributed by atoms with Gasteiger partial charge in [-0.05, 0) is 12.8 Å². The van der Waals surface area contributed by atoms with E-state index in [1.54, 1.807) is 11.3 Å². The van der Waals surface area contributed by atoms with Gasteiger partial charge in [0.1, 0.15) is 21.8 Å². The van der Waals surface area contributed by atoms with Crippen molar-refractivity contribution >= 4 is 28.8 Å². The molecule has 0 unspecified atom stereocenters. The van der Waals surface area contributed by atoms with E-state index in [-0.39, 0.29) is 0 Å². The molecule has 2 fully saturated rings. The van der Waals surface area contributed by atoms with Crippen LogP contribution in [0.15, 0.2) is 41.8 Å². The Balaban J connectivity index is 1.20. The van der Waals surface area contributed by atoms with E-state index >= 15 is 0 Å². The number of halogens is 1. The highest BCUT2D eigenvalue weighted by atomic mass is 35.5. The van der Waals surface area contributed by atoms with Gasteiger partial charge in [-0.1, -0.05) is 41.9 Å². The molecule has 3 aromatic rings. The van der Waals surface area contributed by atoms with E-state index in [1.165, 1.54) is 18.4 Å². The first kappa shape index (κ1) is 18.0. The molecule has 2 aliphatic rings. The van der Waals surface area contributed by atoms with Crippen LogP contribution in [0.2, 0.25) is 5.15 Å². The minimum absolute atomic E-state index is 0.516. The summed E-state index contributed by atoms with van der Waals surface area (Å²) in [4.78, 5) is 18.8. The van der Waals surface area contributed by atoms with E-state index in [0.717, 1.165) is 55.1 Å². The van der Waals surface area contributed by atoms with E-state index in [2.05, 4.69) is 44.4 Å². The lowest BCUT2D eigenvalue weighted by Gasteiger charge is -2.35. The number of hydrogen-bond acceptors (Lipinski definition) is 6. The van der Waals surface area contributed by atoms with Crippen LogP contribution in [0, 0.1) is 0 Å². The summed E-state index contributed by atoms with van der Waals surface area (Å²) in [5.41, 5.74) is 2.34. The normalized spacial score (nSPS) is 17.8. The Morgan fingerprint density at radius 1 is 1.00 bits per heavy atom. The Bertz CT molecular complexity index is 948. The molecule has 0 bridgehead atoms. The van der Waals surface area contributed by atoms with Gasteiger partial charge in [0.15, 0.2) is 0 Å². The first-order valence-electron chi connectivity index (χ1n) is 9.76. The van der Waals surface area contributed by atoms with Crippen LogP contribution in [0.4, 0.5) is 5.82 Å². The van der Waals surface area contributed by atoms with Crippen LogP contribution in [0.25, 0.3) is 10.6 Å². The molecule has 28 heavy (non-hydrogen) atoms. The van der Waals surface area contributed by atoms with E-state index < -0.39 is 0 Å². The number of thiazole rings is 1. The zero-order valence-corrected chi connectivity index (χ0v) is 17.2. The van der Waals surface area contributed by atoms with Gasteiger partial charge in [0.2, 0.25) is 0 Å². The summed E-state index contributed by atoms with van der Waals surface area (Å²) in [5, 5.41) is 3.84. The average Bonchev–Trinajstić information content (AvgIpc) is 3.48. The summed E-state index contributed by atoms with van der Waals surface area (Å²) in [6.07, 6.45) is 2.37. The molecule has 0 N–H and O–H groups in total. The molecule has 0 amide bonds. The summed E-state index contributed by atoms with van der Waals surface area (Å²) in [6.45, 7) is 4.80. The Morgan fingerprint density at radius 2 is 1.79 bits per heavy atom. The van der Waals surface area contributed by atoms with Gasteiger partial charge in [0, 0.05) is 55.7 Å². The molecule has 5 nitrogen and oxygen atoms in total. The van der Waals surface area contributed by atoms with Crippen LogP contribution in [0.3, 0.4) is 0 Å². The zero-order chi connectivity index (χ0) is 18.9. The second kappa shape index (κ2) is 7.78. The highest BCUT2D eigenvalue weighted by molar-refractivity contribution is 7.13. The molecule has 0 atom stereocenters. The van der Waals surface area contributed by atoms with E-state index in [9.17, 15) is 0 Å². The Kier molecular flexibility index (Phi) is 5.01. The summed E-state index contributed by atoms with van der Waals surface area (Å²) in [7, 11) is 0. The highest BCUT2D eigenvalue weighted by Gasteiger charge is 2.28. The Hall–Kier alpha value is -2.02. The van der Waals surface area contributed by atoms with Crippen molar-refractivity contribution in [2.24, 2.45) is 0 Å². The van der Waals surface area contributed by atoms with Crippen molar-refractivity contribution in [1.29, 1.82) is 0 Å². The predicted molar refractivity (Wildman–Crippen MR) is 114 cm³/mol. The molecule has 0 radical (unpaired) electrons. The molecular weight excluding hydrogens is 390 g/mol. The van der Waals surface area contributed by atoms with Crippen molar-refractivity contribution in [3.05, 3.63) is 58.4 Å². The number of nitrogens with zero attached hydrogens (tertiary/aromatic N) is 5. The van der Waals surface area contributed by atoms with Gasteiger partial charge in [0.05, 0.1) is 5.69 Å². The molecule has 0 spiro atoms. The zero-order valence-electron chi connectivity index (χ0n) is 15.6. The summed E-state index contributed by atoms with van der Waals surface area (Å²) < 4.78 is 0. The molecule has 1 saturated carbocycles. The van der Waals surface area contributed by atoms with Gasteiger partial charge in [-0.25, -0.2) is 15.0 Å². The summed E-state index contributed by atoms with van der Waals surface area (Å²) >= 11 is 7.96. The number of rotatable bonds is 5. The van der Waals surface area contributed by atoms with Crippen LogP contribution < -0.4 is 4.90 Å². The summed E-state index contributed by atoms with van der Waals surface area (Å²) in [6, 6.07) is 12.3. The number of hydrogen-bond donors (Lipinski definition) is 0. The van der Waals surface area contributed by atoms with Crippen molar-refractivity contribution in [2.75, 3.05) is 31.1 Å². The van der Waals surface area contributed by atoms with Crippen molar-refractivity contribution in [3.8, 4) is 10.6 Å². The standard InChI is InChI=1S/C21H22ClN5S/c22-18-12-19(25-20(24-18)15-6-7-15)27-10-8-26(9-11-27)13-17-14-28-21(23-17)16-4-2-1-3-5-16/h1-5,12,14-15H,6-11,13H2. The number of piperazine rings is 1. The second-order valence-electron chi connectivity index (χ2n) is 7.45. The lowest BCUT2D eigenvalue weighted by atomic mass is 10.2. The molecule has 1 aliphatic heterocycles. The number of aromatic nitrogens is 3. The predicted octanol–water partition coefficient (Wildman–Crippen LogP) is 4.45. The smallest absolute Gasteiger partial charge is 0.135 e. The molecule has 7 heteroatoms. The maximum absolute atomic E-state index is 6.23. The van der Waals surface area contributed by atoms with Crippen molar-refractivity contribution in [2.45, 2.75) is 25.3 Å². The van der Waals surface area contributed by atoms with Gasteiger partial charge < -0.3 is 4.90 Å². The fourth-order valence-corrected chi connectivity index (χ4v) is 4.57. The summed E-state index contributed by atoms with van der Waals surface area (Å²) in [5.74, 6) is 2.41. The molecular formula is C21H22ClN5S. The molecule has 1 saturated heterocycles. The quantitative estimate of drug-likeness (QED) is 0.580. The molecule has 1 aliphatic carbocycles. The van der Waals surface area contributed by atoms with E-state index in [1.807, 2.05) is 12.1 Å². The monoisotopic (exact) mass is 411 g/mol. The van der Waals surface area contributed by atoms with Crippen LogP contribution >= 0.6 is 22.9 Å². The third kappa shape index (κ3) is 4.04. The van der Waals surface area contributed by atoms with E-state index in [4.69, 9.17) is 21.6 Å². The van der Waals surface area contributed by atoms with Gasteiger partial charge in [-0.3, -0.25) is 4.90 Å². The third-order valence-electron chi connectivity index (χ3n) is 5.30. The molecule has 1 aromatic carbocycles. The molecule has 144 valence electrons. The van der Waals surface area contributed by atoms with Gasteiger partial charge in [-0.15, -0.1) is 11.3 Å². The van der Waals surface area contributed by atoms with Gasteiger partial charge >= 0.3 is 0 Å². The minimum atomic E-state index is 0.516. The van der Waals surface area contributed by atoms with Crippen molar-refractivity contribution in [1.82, 2.24) is 19.9 Å². The van der Waals surface area contributed by atoms with Crippen molar-refractivity contribution < 1.29 is 0 Å².